The summed E-state index contributed by atoms with van der Waals surface area (Å²) in [7, 11) is 0. The van der Waals surface area contributed by atoms with Crippen molar-refractivity contribution in [1.29, 1.82) is 0 Å². The molecular formula is C16H15N5O2. The minimum atomic E-state index is -0.279. The van der Waals surface area contributed by atoms with Crippen molar-refractivity contribution in [2.24, 2.45) is 0 Å². The molecule has 0 saturated carbocycles. The van der Waals surface area contributed by atoms with Gasteiger partial charge >= 0.3 is 0 Å². The van der Waals surface area contributed by atoms with Crippen LogP contribution < -0.4 is 10.6 Å². The number of furan rings is 1. The van der Waals surface area contributed by atoms with E-state index in [0.717, 1.165) is 11.3 Å². The second-order valence-electron chi connectivity index (χ2n) is 4.78. The van der Waals surface area contributed by atoms with Crippen LogP contribution in [0.15, 0.2) is 59.5 Å². The molecule has 0 aliphatic carbocycles. The topological polar surface area (TPSA) is 92.9 Å². The summed E-state index contributed by atoms with van der Waals surface area (Å²) in [6.45, 7) is 0.904. The molecule has 3 aromatic rings. The fraction of sp³-hybridized carbons (Fsp3) is 0.125. The Morgan fingerprint density at radius 3 is 2.74 bits per heavy atom. The van der Waals surface area contributed by atoms with Gasteiger partial charge in [-0.3, -0.25) is 9.78 Å². The standard InChI is InChI=1S/C16H15N5O2/c22-16(19-10-12-3-1-7-17-9-12)14-5-6-15(21-20-14)18-11-13-4-2-8-23-13/h1-9H,10-11H2,(H,18,21)(H,19,22). The van der Waals surface area contributed by atoms with Gasteiger partial charge in [0.05, 0.1) is 12.8 Å². The number of hydrogen-bond donors (Lipinski definition) is 2. The van der Waals surface area contributed by atoms with Crippen LogP contribution in [0.25, 0.3) is 0 Å². The third kappa shape index (κ3) is 4.13. The molecule has 0 spiro atoms. The molecule has 0 atom stereocenters. The molecule has 3 aromatic heterocycles. The van der Waals surface area contributed by atoms with Crippen molar-refractivity contribution in [3.8, 4) is 0 Å². The quantitative estimate of drug-likeness (QED) is 0.723. The van der Waals surface area contributed by atoms with E-state index in [9.17, 15) is 4.79 Å². The van der Waals surface area contributed by atoms with Crippen LogP contribution in [0.1, 0.15) is 21.8 Å². The van der Waals surface area contributed by atoms with Crippen molar-refractivity contribution >= 4 is 11.7 Å². The summed E-state index contributed by atoms with van der Waals surface area (Å²) in [6, 6.07) is 10.7. The van der Waals surface area contributed by atoms with Crippen molar-refractivity contribution < 1.29 is 9.21 Å². The van der Waals surface area contributed by atoms with E-state index in [0.29, 0.717) is 18.9 Å². The Hall–Kier alpha value is -3.22. The third-order valence-corrected chi connectivity index (χ3v) is 3.10. The molecule has 7 heteroatoms. The average Bonchev–Trinajstić information content (AvgIpc) is 3.13. The number of amides is 1. The molecule has 23 heavy (non-hydrogen) atoms. The van der Waals surface area contributed by atoms with Gasteiger partial charge in [-0.25, -0.2) is 0 Å². The van der Waals surface area contributed by atoms with Crippen LogP contribution in [0.2, 0.25) is 0 Å². The summed E-state index contributed by atoms with van der Waals surface area (Å²) in [4.78, 5) is 16.0. The van der Waals surface area contributed by atoms with E-state index in [1.165, 1.54) is 0 Å². The molecule has 0 unspecified atom stereocenters. The van der Waals surface area contributed by atoms with Crippen molar-refractivity contribution in [1.82, 2.24) is 20.5 Å². The predicted octanol–water partition coefficient (Wildman–Crippen LogP) is 2.01. The lowest BCUT2D eigenvalue weighted by Crippen LogP contribution is -2.24. The number of nitrogens with one attached hydrogen (secondary N) is 2. The van der Waals surface area contributed by atoms with Gasteiger partial charge in [0.2, 0.25) is 0 Å². The smallest absolute Gasteiger partial charge is 0.272 e. The lowest BCUT2D eigenvalue weighted by molar-refractivity contribution is 0.0945. The molecular weight excluding hydrogens is 294 g/mol. The Bertz CT molecular complexity index is 742. The molecule has 0 saturated heterocycles. The second kappa shape index (κ2) is 7.17. The Labute approximate surface area is 132 Å². The zero-order valence-electron chi connectivity index (χ0n) is 12.3. The zero-order valence-corrected chi connectivity index (χ0v) is 12.3. The summed E-state index contributed by atoms with van der Waals surface area (Å²) in [5.41, 5.74) is 1.18. The van der Waals surface area contributed by atoms with Gasteiger partial charge < -0.3 is 15.1 Å². The average molecular weight is 309 g/mol. The Kier molecular flexibility index (Phi) is 4.58. The highest BCUT2D eigenvalue weighted by Crippen LogP contribution is 2.06. The number of carbonyl (C=O) groups is 1. The van der Waals surface area contributed by atoms with E-state index in [2.05, 4.69) is 25.8 Å². The normalized spacial score (nSPS) is 10.3. The highest BCUT2D eigenvalue weighted by atomic mass is 16.3. The maximum Gasteiger partial charge on any atom is 0.272 e. The molecule has 0 aliphatic heterocycles. The van der Waals surface area contributed by atoms with Gasteiger partial charge in [-0.05, 0) is 35.9 Å². The van der Waals surface area contributed by atoms with Crippen LogP contribution >= 0.6 is 0 Å². The van der Waals surface area contributed by atoms with Crippen molar-refractivity contribution in [3.63, 3.8) is 0 Å². The van der Waals surface area contributed by atoms with E-state index in [1.807, 2.05) is 24.3 Å². The van der Waals surface area contributed by atoms with Crippen molar-refractivity contribution in [2.75, 3.05) is 5.32 Å². The molecule has 0 aliphatic rings. The molecule has 1 amide bonds. The Morgan fingerprint density at radius 1 is 1.09 bits per heavy atom. The van der Waals surface area contributed by atoms with Crippen LogP contribution in [-0.2, 0) is 13.1 Å². The number of nitrogens with zero attached hydrogens (tertiary/aromatic N) is 3. The van der Waals surface area contributed by atoms with Gasteiger partial charge in [-0.15, -0.1) is 10.2 Å². The summed E-state index contributed by atoms with van der Waals surface area (Å²) in [6.07, 6.45) is 5.00. The van der Waals surface area contributed by atoms with Crippen molar-refractivity contribution in [2.45, 2.75) is 13.1 Å². The summed E-state index contributed by atoms with van der Waals surface area (Å²) < 4.78 is 5.21. The van der Waals surface area contributed by atoms with Gasteiger partial charge in [0.1, 0.15) is 11.6 Å². The van der Waals surface area contributed by atoms with E-state index in [4.69, 9.17) is 4.42 Å². The monoisotopic (exact) mass is 309 g/mol. The van der Waals surface area contributed by atoms with E-state index >= 15 is 0 Å². The molecule has 0 radical (unpaired) electrons. The zero-order chi connectivity index (χ0) is 15.9. The molecule has 3 rings (SSSR count). The van der Waals surface area contributed by atoms with Crippen LogP contribution in [0, 0.1) is 0 Å². The van der Waals surface area contributed by atoms with E-state index in [1.54, 1.807) is 30.8 Å². The van der Waals surface area contributed by atoms with Crippen molar-refractivity contribution in [3.05, 3.63) is 72.1 Å². The van der Waals surface area contributed by atoms with Crippen LogP contribution in [0.3, 0.4) is 0 Å². The number of hydrogen-bond acceptors (Lipinski definition) is 6. The van der Waals surface area contributed by atoms with E-state index in [-0.39, 0.29) is 11.6 Å². The number of rotatable bonds is 6. The number of carbonyl (C=O) groups excluding carboxylic acids is 1. The minimum absolute atomic E-state index is 0.262. The number of pyridine rings is 1. The Balaban J connectivity index is 1.53. The van der Waals surface area contributed by atoms with Crippen LogP contribution in [0.4, 0.5) is 5.82 Å². The van der Waals surface area contributed by atoms with Gasteiger partial charge in [0, 0.05) is 18.9 Å². The lowest BCUT2D eigenvalue weighted by Gasteiger charge is -2.05. The molecule has 0 aromatic carbocycles. The first-order chi connectivity index (χ1) is 11.3. The van der Waals surface area contributed by atoms with Gasteiger partial charge in [-0.1, -0.05) is 6.07 Å². The second-order valence-corrected chi connectivity index (χ2v) is 4.78. The predicted molar refractivity (Wildman–Crippen MR) is 83.5 cm³/mol. The van der Waals surface area contributed by atoms with Crippen LogP contribution in [-0.4, -0.2) is 21.1 Å². The lowest BCUT2D eigenvalue weighted by atomic mass is 10.3. The molecule has 7 nitrogen and oxygen atoms in total. The highest BCUT2D eigenvalue weighted by molar-refractivity contribution is 5.92. The Morgan fingerprint density at radius 2 is 2.04 bits per heavy atom. The van der Waals surface area contributed by atoms with Crippen LogP contribution in [0.5, 0.6) is 0 Å². The molecule has 116 valence electrons. The molecule has 2 N–H and O–H groups in total. The largest absolute Gasteiger partial charge is 0.467 e. The highest BCUT2D eigenvalue weighted by Gasteiger charge is 2.08. The van der Waals surface area contributed by atoms with E-state index < -0.39 is 0 Å². The summed E-state index contributed by atoms with van der Waals surface area (Å²) in [5, 5.41) is 13.7. The first kappa shape index (κ1) is 14.7. The maximum atomic E-state index is 12.0. The molecule has 0 fully saturated rings. The molecule has 0 bridgehead atoms. The van der Waals surface area contributed by atoms with Gasteiger partial charge in [-0.2, -0.15) is 0 Å². The van der Waals surface area contributed by atoms with Gasteiger partial charge in [0.25, 0.3) is 5.91 Å². The third-order valence-electron chi connectivity index (χ3n) is 3.10. The first-order valence-corrected chi connectivity index (χ1v) is 7.08. The first-order valence-electron chi connectivity index (χ1n) is 7.08. The van der Waals surface area contributed by atoms with Gasteiger partial charge in [0.15, 0.2) is 5.69 Å². The summed E-state index contributed by atoms with van der Waals surface area (Å²) >= 11 is 0. The minimum Gasteiger partial charge on any atom is -0.467 e. The number of anilines is 1. The molecule has 3 heterocycles. The number of aromatic nitrogens is 3. The fourth-order valence-electron chi connectivity index (χ4n) is 1.91. The maximum absolute atomic E-state index is 12.0. The SMILES string of the molecule is O=C(NCc1cccnc1)c1ccc(NCc2ccco2)nn1. The fourth-order valence-corrected chi connectivity index (χ4v) is 1.91. The summed E-state index contributed by atoms with van der Waals surface area (Å²) in [5.74, 6) is 1.09.